The van der Waals surface area contributed by atoms with Crippen LogP contribution in [0.25, 0.3) is 16.9 Å². The Hall–Kier alpha value is -4.07. The normalized spacial score (nSPS) is 13.5. The summed E-state index contributed by atoms with van der Waals surface area (Å²) in [6.07, 6.45) is 2.29. The van der Waals surface area contributed by atoms with E-state index in [1.165, 1.54) is 0 Å². The van der Waals surface area contributed by atoms with Crippen molar-refractivity contribution < 1.29 is 4.79 Å². The number of nitrogens with zero attached hydrogens (tertiary/aromatic N) is 5. The molecular formula is C28H30N6O2. The molecule has 2 aromatic carbocycles. The van der Waals surface area contributed by atoms with Gasteiger partial charge in [-0.05, 0) is 49.9 Å². The van der Waals surface area contributed by atoms with Crippen LogP contribution in [0.2, 0.25) is 0 Å². The van der Waals surface area contributed by atoms with Crippen molar-refractivity contribution in [3.05, 3.63) is 87.1 Å². The lowest BCUT2D eigenvalue weighted by atomic mass is 9.91. The summed E-state index contributed by atoms with van der Waals surface area (Å²) < 4.78 is 3.58. The number of hydrazone groups is 1. The van der Waals surface area contributed by atoms with Crippen molar-refractivity contribution in [1.29, 1.82) is 0 Å². The summed E-state index contributed by atoms with van der Waals surface area (Å²) in [7, 11) is 0. The number of rotatable bonds is 7. The molecule has 0 radical (unpaired) electrons. The predicted octanol–water partition coefficient (Wildman–Crippen LogP) is 4.21. The number of aromatic nitrogens is 4. The third kappa shape index (κ3) is 4.23. The van der Waals surface area contributed by atoms with E-state index >= 15 is 0 Å². The van der Waals surface area contributed by atoms with Gasteiger partial charge in [0.2, 0.25) is 11.7 Å². The van der Waals surface area contributed by atoms with Gasteiger partial charge >= 0.3 is 0 Å². The lowest BCUT2D eigenvalue weighted by Crippen LogP contribution is -2.30. The molecule has 1 N–H and O–H groups in total. The molecule has 8 nitrogen and oxygen atoms in total. The highest BCUT2D eigenvalue weighted by atomic mass is 16.2. The molecule has 1 aliphatic heterocycles. The summed E-state index contributed by atoms with van der Waals surface area (Å²) in [6, 6.07) is 16.2. The summed E-state index contributed by atoms with van der Waals surface area (Å²) in [4.78, 5) is 30.3. The number of benzene rings is 2. The van der Waals surface area contributed by atoms with Gasteiger partial charge in [0.1, 0.15) is 5.82 Å². The number of hydrogen-bond acceptors (Lipinski definition) is 5. The second-order valence-corrected chi connectivity index (χ2v) is 9.51. The van der Waals surface area contributed by atoms with E-state index in [0.29, 0.717) is 23.7 Å². The molecule has 0 unspecified atom stereocenters. The first-order valence-electron chi connectivity index (χ1n) is 12.4. The second kappa shape index (κ2) is 9.53. The van der Waals surface area contributed by atoms with Gasteiger partial charge in [0.15, 0.2) is 0 Å². The molecule has 1 aliphatic rings. The minimum absolute atomic E-state index is 0.0305. The van der Waals surface area contributed by atoms with Gasteiger partial charge in [-0.3, -0.25) is 14.2 Å². The molecule has 0 saturated carbocycles. The van der Waals surface area contributed by atoms with E-state index in [0.717, 1.165) is 46.4 Å². The van der Waals surface area contributed by atoms with E-state index in [1.807, 2.05) is 55.6 Å². The summed E-state index contributed by atoms with van der Waals surface area (Å²) >= 11 is 0. The highest BCUT2D eigenvalue weighted by molar-refractivity contribution is 6.16. The van der Waals surface area contributed by atoms with Crippen molar-refractivity contribution in [1.82, 2.24) is 24.6 Å². The monoisotopic (exact) mass is 482 g/mol. The van der Waals surface area contributed by atoms with E-state index in [4.69, 9.17) is 0 Å². The lowest BCUT2D eigenvalue weighted by molar-refractivity contribution is -0.119. The van der Waals surface area contributed by atoms with Gasteiger partial charge in [0.05, 0.1) is 17.8 Å². The van der Waals surface area contributed by atoms with E-state index < -0.39 is 0 Å². The van der Waals surface area contributed by atoms with Crippen molar-refractivity contribution in [2.45, 2.75) is 59.4 Å². The van der Waals surface area contributed by atoms with Crippen LogP contribution >= 0.6 is 0 Å². The quantitative estimate of drug-likeness (QED) is 0.427. The molecule has 0 fully saturated rings. The maximum Gasteiger partial charge on any atom is 0.258 e. The Balaban J connectivity index is 1.67. The van der Waals surface area contributed by atoms with E-state index in [2.05, 4.69) is 45.7 Å². The third-order valence-electron chi connectivity index (χ3n) is 6.50. The van der Waals surface area contributed by atoms with Gasteiger partial charge in [0, 0.05) is 23.6 Å². The molecule has 0 atom stereocenters. The van der Waals surface area contributed by atoms with Crippen LogP contribution in [-0.4, -0.2) is 30.8 Å². The van der Waals surface area contributed by atoms with Crippen LogP contribution in [0.1, 0.15) is 67.9 Å². The van der Waals surface area contributed by atoms with Crippen LogP contribution in [0.5, 0.6) is 0 Å². The first-order valence-corrected chi connectivity index (χ1v) is 12.4. The Kier molecular flexibility index (Phi) is 6.26. The maximum atomic E-state index is 13.8. The number of hydrogen-bond donors (Lipinski definition) is 1. The molecule has 4 aromatic rings. The molecule has 184 valence electrons. The molecular weight excluding hydrogens is 452 g/mol. The van der Waals surface area contributed by atoms with E-state index in [9.17, 15) is 9.59 Å². The fourth-order valence-electron chi connectivity index (χ4n) is 4.90. The molecule has 1 amide bonds. The van der Waals surface area contributed by atoms with Crippen molar-refractivity contribution in [3.63, 3.8) is 0 Å². The largest absolute Gasteiger partial charge is 0.274 e. The van der Waals surface area contributed by atoms with Gasteiger partial charge in [-0.2, -0.15) is 15.2 Å². The zero-order valence-corrected chi connectivity index (χ0v) is 21.1. The van der Waals surface area contributed by atoms with Gasteiger partial charge in [-0.15, -0.1) is 0 Å². The molecule has 5 rings (SSSR count). The molecule has 3 heterocycles. The lowest BCUT2D eigenvalue weighted by Gasteiger charge is -2.18. The molecule has 0 aliphatic carbocycles. The SMILES string of the molecule is CCCc1c(Cc2ccc(-c3ccccc3)c(C3=NNC(=O)C3)c2)c(=O)n(C(C)C)c2nc(C)nn12. The number of carbonyl (C=O) groups excluding carboxylic acids is 1. The Morgan fingerprint density at radius 1 is 1.06 bits per heavy atom. The number of fused-ring (bicyclic) bond motifs is 1. The van der Waals surface area contributed by atoms with Gasteiger partial charge < -0.3 is 0 Å². The van der Waals surface area contributed by atoms with Crippen LogP contribution < -0.4 is 11.0 Å². The predicted molar refractivity (Wildman–Crippen MR) is 140 cm³/mol. The maximum absolute atomic E-state index is 13.8. The number of aryl methyl sites for hydroxylation is 2. The zero-order valence-electron chi connectivity index (χ0n) is 21.1. The van der Waals surface area contributed by atoms with Crippen LogP contribution in [0, 0.1) is 6.92 Å². The van der Waals surface area contributed by atoms with Crippen molar-refractivity contribution in [2.24, 2.45) is 5.10 Å². The molecule has 0 spiro atoms. The van der Waals surface area contributed by atoms with Gasteiger partial charge in [-0.25, -0.2) is 9.94 Å². The first kappa shape index (κ1) is 23.7. The van der Waals surface area contributed by atoms with E-state index in [-0.39, 0.29) is 23.9 Å². The molecule has 36 heavy (non-hydrogen) atoms. The standard InChI is InChI=1S/C28H30N6O2/c1-5-9-25-23(27(36)33(17(2)3)28-29-18(4)32-34(25)28)15-19-12-13-21(20-10-7-6-8-11-20)22(14-19)24-16-26(35)31-30-24/h6-8,10-14,17H,5,9,15-16H2,1-4H3,(H,31,35). The average Bonchev–Trinajstić information content (AvgIpc) is 3.46. The topological polar surface area (TPSA) is 93.6 Å². The summed E-state index contributed by atoms with van der Waals surface area (Å²) in [5.41, 5.74) is 8.81. The molecule has 0 saturated heterocycles. The zero-order chi connectivity index (χ0) is 25.4. The fraction of sp³-hybridized carbons (Fsp3) is 0.321. The summed E-state index contributed by atoms with van der Waals surface area (Å²) in [5.74, 6) is 1.11. The Labute approximate surface area is 209 Å². The second-order valence-electron chi connectivity index (χ2n) is 9.51. The molecule has 0 bridgehead atoms. The number of nitrogens with one attached hydrogen (secondary N) is 1. The Morgan fingerprint density at radius 2 is 1.83 bits per heavy atom. The van der Waals surface area contributed by atoms with Gasteiger partial charge in [-0.1, -0.05) is 55.8 Å². The highest BCUT2D eigenvalue weighted by Crippen LogP contribution is 2.28. The summed E-state index contributed by atoms with van der Waals surface area (Å²) in [5, 5.41) is 8.94. The van der Waals surface area contributed by atoms with Gasteiger partial charge in [0.25, 0.3) is 5.56 Å². The van der Waals surface area contributed by atoms with Crippen molar-refractivity contribution in [2.75, 3.05) is 0 Å². The molecule has 2 aromatic heterocycles. The first-order chi connectivity index (χ1) is 17.4. The van der Waals surface area contributed by atoms with Crippen LogP contribution in [-0.2, 0) is 17.6 Å². The van der Waals surface area contributed by atoms with E-state index in [1.54, 1.807) is 4.57 Å². The smallest absolute Gasteiger partial charge is 0.258 e. The van der Waals surface area contributed by atoms with Crippen LogP contribution in [0.4, 0.5) is 0 Å². The van der Waals surface area contributed by atoms with Crippen LogP contribution in [0.3, 0.4) is 0 Å². The minimum Gasteiger partial charge on any atom is -0.274 e. The van der Waals surface area contributed by atoms with Crippen LogP contribution in [0.15, 0.2) is 58.4 Å². The Morgan fingerprint density at radius 3 is 2.50 bits per heavy atom. The van der Waals surface area contributed by atoms with Crippen molar-refractivity contribution in [3.8, 4) is 11.1 Å². The average molecular weight is 483 g/mol. The number of amides is 1. The number of carbonyl (C=O) groups is 1. The van der Waals surface area contributed by atoms with Crippen molar-refractivity contribution >= 4 is 17.4 Å². The fourth-order valence-corrected chi connectivity index (χ4v) is 4.90. The molecule has 8 heteroatoms. The summed E-state index contributed by atoms with van der Waals surface area (Å²) in [6.45, 7) is 7.93. The Bertz CT molecular complexity index is 1550. The third-order valence-corrected chi connectivity index (χ3v) is 6.50. The minimum atomic E-state index is -0.119. The highest BCUT2D eigenvalue weighted by Gasteiger charge is 2.23.